The summed E-state index contributed by atoms with van der Waals surface area (Å²) in [4.78, 5) is 138. The van der Waals surface area contributed by atoms with Crippen LogP contribution in [0.15, 0.2) is 35.7 Å². The molecule has 1 unspecified atom stereocenters. The standard InChI is InChI=1S/C56H85N9O13S/c1-13-15-16-19-39(59-46(69)21-18-27-65-47(70)24-25-48(65)71)50(72)57-26-17-20-45(68)60-40-30-37(22-23-43(40)67)29-38(28-35(6)54(75)76)58-51(73)41-32-79-52(61-41)44(78-36(7)66)31-42(33(3)4)64(12)53(74)49(34(5)14-2)62-55(77)56(8,9)63(10)11/h22-25,30,32-35,38-39,42,44,49,67H,13-21,26-29,31H2,1-12H3,(H,57,72)(H,58,73)(H,59,69)(H,60,68)(H,62,77)(H,75,76)/t34-,35?,38+,39-,42+,44+,49-/m0/s1. The molecular weight excluding hydrogens is 1040 g/mol. The molecular formula is C56H85N9O13S. The van der Waals surface area contributed by atoms with Gasteiger partial charge in [-0.05, 0) is 89.6 Å². The highest BCUT2D eigenvalue weighted by molar-refractivity contribution is 7.09. The summed E-state index contributed by atoms with van der Waals surface area (Å²) in [6, 6.07) is 1.50. The summed E-state index contributed by atoms with van der Waals surface area (Å²) in [5.74, 6) is -6.63. The van der Waals surface area contributed by atoms with Crippen LogP contribution in [0.3, 0.4) is 0 Å². The molecule has 22 nitrogen and oxygen atoms in total. The normalized spacial score (nSPS) is 15.1. The number of aromatic nitrogens is 1. The summed E-state index contributed by atoms with van der Waals surface area (Å²) in [6.45, 7) is 16.2. The van der Waals surface area contributed by atoms with Crippen molar-refractivity contribution >= 4 is 76.2 Å². The zero-order chi connectivity index (χ0) is 59.3. The first-order chi connectivity index (χ1) is 37.1. The van der Waals surface area contributed by atoms with Crippen LogP contribution in [-0.2, 0) is 54.3 Å². The minimum atomic E-state index is -1.09. The number of aliphatic carboxylic acids is 1. The Morgan fingerprint density at radius 2 is 1.52 bits per heavy atom. The number of phenols is 1. The van der Waals surface area contributed by atoms with E-state index < -0.39 is 89.1 Å². The number of phenolic OH excluding ortho intramolecular Hbond substituents is 1. The Hall–Kier alpha value is -6.75. The van der Waals surface area contributed by atoms with Gasteiger partial charge in [-0.1, -0.05) is 73.3 Å². The largest absolute Gasteiger partial charge is 0.506 e. The number of amides is 8. The van der Waals surface area contributed by atoms with Crippen LogP contribution in [0.4, 0.5) is 5.69 Å². The number of rotatable bonds is 34. The Bertz CT molecular complexity index is 2480. The van der Waals surface area contributed by atoms with Crippen molar-refractivity contribution in [3.63, 3.8) is 0 Å². The zero-order valence-electron chi connectivity index (χ0n) is 48.1. The smallest absolute Gasteiger partial charge is 0.306 e. The average Bonchev–Trinajstić information content (AvgIpc) is 4.02. The third-order valence-electron chi connectivity index (χ3n) is 14.4. The second-order valence-electron chi connectivity index (χ2n) is 21.5. The van der Waals surface area contributed by atoms with Crippen molar-refractivity contribution in [1.29, 1.82) is 0 Å². The lowest BCUT2D eigenvalue weighted by molar-refractivity contribution is -0.149. The second-order valence-corrected chi connectivity index (χ2v) is 22.4. The number of carboxylic acid groups (broad SMARTS) is 1. The maximum Gasteiger partial charge on any atom is 0.306 e. The number of carboxylic acids is 1. The molecule has 2 aromatic rings. The molecule has 438 valence electrons. The van der Waals surface area contributed by atoms with E-state index in [4.69, 9.17) is 4.74 Å². The van der Waals surface area contributed by atoms with Crippen molar-refractivity contribution in [3.05, 3.63) is 52.0 Å². The van der Waals surface area contributed by atoms with E-state index in [0.29, 0.717) is 24.8 Å². The van der Waals surface area contributed by atoms with Gasteiger partial charge in [0.15, 0.2) is 6.10 Å². The van der Waals surface area contributed by atoms with Crippen LogP contribution in [0, 0.1) is 17.8 Å². The fraction of sp³-hybridized carbons (Fsp3) is 0.625. The number of ether oxygens (including phenoxy) is 1. The Labute approximate surface area is 468 Å². The van der Waals surface area contributed by atoms with Crippen LogP contribution in [0.2, 0.25) is 0 Å². The van der Waals surface area contributed by atoms with E-state index in [1.807, 2.05) is 34.6 Å². The van der Waals surface area contributed by atoms with Crippen molar-refractivity contribution in [2.45, 2.75) is 175 Å². The van der Waals surface area contributed by atoms with E-state index in [-0.39, 0.29) is 104 Å². The molecule has 7 atom stereocenters. The van der Waals surface area contributed by atoms with Crippen LogP contribution in [0.5, 0.6) is 5.75 Å². The van der Waals surface area contributed by atoms with E-state index >= 15 is 0 Å². The summed E-state index contributed by atoms with van der Waals surface area (Å²) in [5, 5.41) is 36.5. The number of anilines is 1. The summed E-state index contributed by atoms with van der Waals surface area (Å²) < 4.78 is 5.79. The highest BCUT2D eigenvalue weighted by Gasteiger charge is 2.39. The molecule has 1 aromatic carbocycles. The third-order valence-corrected chi connectivity index (χ3v) is 15.3. The van der Waals surface area contributed by atoms with Crippen LogP contribution in [0.25, 0.3) is 0 Å². The van der Waals surface area contributed by atoms with E-state index in [0.717, 1.165) is 29.1 Å². The predicted octanol–water partition coefficient (Wildman–Crippen LogP) is 5.25. The number of imide groups is 1. The van der Waals surface area contributed by atoms with E-state index in [9.17, 15) is 58.2 Å². The monoisotopic (exact) mass is 1120 g/mol. The van der Waals surface area contributed by atoms with E-state index in [1.54, 1.807) is 50.9 Å². The first kappa shape index (κ1) is 66.5. The van der Waals surface area contributed by atoms with Crippen molar-refractivity contribution in [2.75, 3.05) is 39.5 Å². The first-order valence-electron chi connectivity index (χ1n) is 27.2. The number of benzene rings is 1. The van der Waals surface area contributed by atoms with Gasteiger partial charge in [0.25, 0.3) is 17.7 Å². The number of unbranched alkanes of at least 4 members (excludes halogenated alkanes) is 2. The summed E-state index contributed by atoms with van der Waals surface area (Å²) >= 11 is 1.08. The molecule has 23 heteroatoms. The number of nitrogens with one attached hydrogen (secondary N) is 5. The maximum atomic E-state index is 14.3. The SMILES string of the molecule is CCCCC[C@H](NC(=O)CCCN1C(=O)C=CC1=O)C(=O)NCCCC(=O)Nc1cc(C[C@@H](CC(C)C(=O)O)NC(=O)c2csc([C@@H](C[C@H](C(C)C)N(C)C(=O)[C@@H](NC(=O)C(C)(C)N(C)C)[C@@H](C)CC)OC(C)=O)n2)ccc1O. The van der Waals surface area contributed by atoms with Gasteiger partial charge in [-0.3, -0.25) is 57.7 Å². The highest BCUT2D eigenvalue weighted by atomic mass is 32.1. The van der Waals surface area contributed by atoms with Gasteiger partial charge < -0.3 is 46.4 Å². The molecule has 0 saturated heterocycles. The lowest BCUT2D eigenvalue weighted by Crippen LogP contribution is -2.60. The summed E-state index contributed by atoms with van der Waals surface area (Å²) in [7, 11) is 5.22. The number of hydrogen-bond donors (Lipinski definition) is 7. The van der Waals surface area contributed by atoms with Crippen molar-refractivity contribution in [1.82, 2.24) is 41.0 Å². The van der Waals surface area contributed by atoms with Gasteiger partial charge in [-0.2, -0.15) is 0 Å². The topological polar surface area (TPSA) is 303 Å². The first-order valence-corrected chi connectivity index (χ1v) is 28.1. The van der Waals surface area contributed by atoms with Gasteiger partial charge >= 0.3 is 11.9 Å². The van der Waals surface area contributed by atoms with Crippen molar-refractivity contribution in [2.24, 2.45) is 17.8 Å². The molecule has 3 rings (SSSR count). The number of hydrogen-bond acceptors (Lipinski definition) is 15. The Kier molecular flexibility index (Phi) is 26.7. The lowest BCUT2D eigenvalue weighted by Gasteiger charge is -2.38. The fourth-order valence-electron chi connectivity index (χ4n) is 8.68. The molecule has 0 fully saturated rings. The molecule has 0 radical (unpaired) electrons. The van der Waals surface area contributed by atoms with Crippen LogP contribution < -0.4 is 26.6 Å². The third kappa shape index (κ3) is 20.8. The van der Waals surface area contributed by atoms with Gasteiger partial charge in [0.2, 0.25) is 29.5 Å². The average molecular weight is 1120 g/mol. The van der Waals surface area contributed by atoms with E-state index in [1.165, 1.54) is 43.5 Å². The molecule has 1 aliphatic rings. The van der Waals surface area contributed by atoms with Crippen LogP contribution in [-0.4, -0.2) is 153 Å². The number of nitrogens with zero attached hydrogens (tertiary/aromatic N) is 4. The Balaban J connectivity index is 1.70. The molecule has 1 aliphatic heterocycles. The number of likely N-dealkylation sites (N-methyl/N-ethyl adjacent to an activating group) is 2. The number of esters is 1. The maximum absolute atomic E-state index is 14.3. The van der Waals surface area contributed by atoms with Gasteiger partial charge in [0.05, 0.1) is 17.1 Å². The lowest BCUT2D eigenvalue weighted by atomic mass is 9.92. The second kappa shape index (κ2) is 31.7. The molecule has 0 bridgehead atoms. The number of thiazole rings is 1. The Morgan fingerprint density at radius 1 is 0.861 bits per heavy atom. The minimum absolute atomic E-state index is 0.000526. The summed E-state index contributed by atoms with van der Waals surface area (Å²) in [6.07, 6.45) is 5.39. The zero-order valence-corrected chi connectivity index (χ0v) is 48.9. The number of aromatic hydroxyl groups is 1. The van der Waals surface area contributed by atoms with Crippen LogP contribution >= 0.6 is 11.3 Å². The van der Waals surface area contributed by atoms with Gasteiger partial charge in [-0.25, -0.2) is 4.98 Å². The predicted molar refractivity (Wildman–Crippen MR) is 298 cm³/mol. The molecule has 0 aliphatic carbocycles. The summed E-state index contributed by atoms with van der Waals surface area (Å²) in [5.41, 5.74) is -0.315. The molecule has 2 heterocycles. The molecule has 7 N–H and O–H groups in total. The molecule has 8 amide bonds. The number of carbonyl (C=O) groups is 10. The quantitative estimate of drug-likeness (QED) is 0.0204. The van der Waals surface area contributed by atoms with E-state index in [2.05, 4.69) is 31.6 Å². The molecule has 79 heavy (non-hydrogen) atoms. The Morgan fingerprint density at radius 3 is 2.11 bits per heavy atom. The van der Waals surface area contributed by atoms with Gasteiger partial charge in [0.1, 0.15) is 28.5 Å². The van der Waals surface area contributed by atoms with Crippen LogP contribution in [0.1, 0.15) is 160 Å². The highest BCUT2D eigenvalue weighted by Crippen LogP contribution is 2.32. The fourth-order valence-corrected chi connectivity index (χ4v) is 9.52. The molecule has 0 spiro atoms. The minimum Gasteiger partial charge on any atom is -0.506 e. The molecule has 0 saturated carbocycles. The van der Waals surface area contributed by atoms with Crippen molar-refractivity contribution < 1.29 is 62.9 Å². The van der Waals surface area contributed by atoms with Gasteiger partial charge in [-0.15, -0.1) is 11.3 Å². The van der Waals surface area contributed by atoms with Gasteiger partial charge in [0, 0.05) is 75.9 Å². The number of carbonyl (C=O) groups excluding carboxylic acids is 9. The van der Waals surface area contributed by atoms with Crippen molar-refractivity contribution in [3.8, 4) is 5.75 Å². The molecule has 1 aromatic heterocycles.